The third-order valence-electron chi connectivity index (χ3n) is 1.74. The highest BCUT2D eigenvalue weighted by Gasteiger charge is 2.09. The predicted molar refractivity (Wildman–Crippen MR) is 52.6 cm³/mol. The van der Waals surface area contributed by atoms with Crippen LogP contribution < -0.4 is 0 Å². The summed E-state index contributed by atoms with van der Waals surface area (Å²) >= 11 is 5.56. The van der Waals surface area contributed by atoms with E-state index in [-0.39, 0.29) is 0 Å². The van der Waals surface area contributed by atoms with Gasteiger partial charge in [-0.3, -0.25) is 9.59 Å². The molecule has 74 valence electrons. The lowest BCUT2D eigenvalue weighted by atomic mass is 10.1. The monoisotopic (exact) mass is 212 g/mol. The highest BCUT2D eigenvalue weighted by molar-refractivity contribution is 6.17. The number of halogens is 1. The fourth-order valence-corrected chi connectivity index (χ4v) is 1.20. The summed E-state index contributed by atoms with van der Waals surface area (Å²) in [5.41, 5.74) is 1.31. The molecule has 0 amide bonds. The van der Waals surface area contributed by atoms with Gasteiger partial charge in [-0.25, -0.2) is 0 Å². The molecular weight excluding hydrogens is 204 g/mol. The summed E-state index contributed by atoms with van der Waals surface area (Å²) in [4.78, 5) is 21.5. The summed E-state index contributed by atoms with van der Waals surface area (Å²) in [5, 5.41) is 8.40. The molecule has 0 aromatic heterocycles. The minimum atomic E-state index is -1.11. The third-order valence-corrected chi connectivity index (χ3v) is 2.05. The fourth-order valence-electron chi connectivity index (χ4n) is 1.02. The Morgan fingerprint density at radius 3 is 2.21 bits per heavy atom. The molecule has 14 heavy (non-hydrogen) atoms. The Hall–Kier alpha value is -1.35. The van der Waals surface area contributed by atoms with Gasteiger partial charge in [-0.15, -0.1) is 11.6 Å². The van der Waals surface area contributed by atoms with Crippen molar-refractivity contribution >= 4 is 23.4 Å². The molecule has 1 N–H and O–H groups in total. The van der Waals surface area contributed by atoms with Gasteiger partial charge in [0.15, 0.2) is 5.78 Å². The van der Waals surface area contributed by atoms with Crippen LogP contribution in [0.1, 0.15) is 22.3 Å². The van der Waals surface area contributed by atoms with Crippen LogP contribution in [0.4, 0.5) is 0 Å². The van der Waals surface area contributed by atoms with E-state index in [1.165, 1.54) is 0 Å². The first-order chi connectivity index (χ1) is 6.63. The van der Waals surface area contributed by atoms with Gasteiger partial charge in [0.05, 0.1) is 0 Å². The zero-order chi connectivity index (χ0) is 10.6. The average Bonchev–Trinajstić information content (AvgIpc) is 2.17. The van der Waals surface area contributed by atoms with Crippen LogP contribution in [0.15, 0.2) is 24.3 Å². The second-order valence-electron chi connectivity index (χ2n) is 2.82. The van der Waals surface area contributed by atoms with Crippen LogP contribution in [0, 0.1) is 0 Å². The smallest absolute Gasteiger partial charge is 0.311 e. The minimum Gasteiger partial charge on any atom is -0.481 e. The molecule has 4 heteroatoms. The molecule has 1 aromatic rings. The molecule has 0 saturated carbocycles. The van der Waals surface area contributed by atoms with E-state index in [4.69, 9.17) is 16.7 Å². The van der Waals surface area contributed by atoms with Crippen LogP contribution in [0.3, 0.4) is 0 Å². The highest BCUT2D eigenvalue weighted by Crippen LogP contribution is 2.08. The fraction of sp³-hybridized carbons (Fsp3) is 0.200. The molecule has 0 aliphatic rings. The maximum atomic E-state index is 11.2. The van der Waals surface area contributed by atoms with E-state index in [1.54, 1.807) is 24.3 Å². The number of alkyl halides is 1. The number of Topliss-reactive ketones (excluding diaryl/α,β-unsaturated/α-hetero) is 1. The average molecular weight is 213 g/mol. The van der Waals surface area contributed by atoms with Crippen LogP contribution >= 0.6 is 11.6 Å². The van der Waals surface area contributed by atoms with E-state index in [2.05, 4.69) is 0 Å². The highest BCUT2D eigenvalue weighted by atomic mass is 35.5. The number of carboxylic acid groups (broad SMARTS) is 1. The van der Waals surface area contributed by atoms with Crippen molar-refractivity contribution in [3.8, 4) is 0 Å². The number of ketones is 1. The topological polar surface area (TPSA) is 54.4 Å². The molecule has 0 saturated heterocycles. The molecule has 1 rings (SSSR count). The lowest BCUT2D eigenvalue weighted by molar-refractivity contribution is -0.135. The summed E-state index contributed by atoms with van der Waals surface area (Å²) in [6.07, 6.45) is -0.472. The first-order valence-electron chi connectivity index (χ1n) is 4.03. The van der Waals surface area contributed by atoms with Gasteiger partial charge in [0.2, 0.25) is 0 Å². The second kappa shape index (κ2) is 4.77. The third kappa shape index (κ3) is 2.85. The van der Waals surface area contributed by atoms with Crippen molar-refractivity contribution in [2.75, 3.05) is 0 Å². The second-order valence-corrected chi connectivity index (χ2v) is 3.09. The maximum absolute atomic E-state index is 11.2. The summed E-state index contributed by atoms with van der Waals surface area (Å²) < 4.78 is 0. The maximum Gasteiger partial charge on any atom is 0.311 e. The Bertz CT molecular complexity index is 343. The van der Waals surface area contributed by atoms with Gasteiger partial charge in [-0.1, -0.05) is 24.3 Å². The molecule has 0 fully saturated rings. The number of rotatable bonds is 4. The van der Waals surface area contributed by atoms with Gasteiger partial charge in [0.25, 0.3) is 0 Å². The summed E-state index contributed by atoms with van der Waals surface area (Å²) in [6.45, 7) is 0. The Morgan fingerprint density at radius 1 is 1.21 bits per heavy atom. The van der Waals surface area contributed by atoms with Gasteiger partial charge in [-0.2, -0.15) is 0 Å². The Kier molecular flexibility index (Phi) is 3.65. The van der Waals surface area contributed by atoms with Crippen molar-refractivity contribution in [3.63, 3.8) is 0 Å². The van der Waals surface area contributed by atoms with Crippen molar-refractivity contribution in [1.29, 1.82) is 0 Å². The van der Waals surface area contributed by atoms with Crippen LogP contribution in [0.2, 0.25) is 0 Å². The van der Waals surface area contributed by atoms with Gasteiger partial charge in [-0.05, 0) is 5.56 Å². The number of aliphatic carboxylic acids is 1. The lowest BCUT2D eigenvalue weighted by Crippen LogP contribution is -2.06. The van der Waals surface area contributed by atoms with Crippen molar-refractivity contribution in [1.82, 2.24) is 0 Å². The summed E-state index contributed by atoms with van der Waals surface area (Å²) in [6, 6.07) is 6.59. The molecular formula is C10H9ClO3. The SMILES string of the molecule is O=C(O)CC(=O)c1ccc(CCl)cc1. The van der Waals surface area contributed by atoms with E-state index >= 15 is 0 Å². The number of carboxylic acids is 1. The molecule has 0 spiro atoms. The lowest BCUT2D eigenvalue weighted by Gasteiger charge is -1.99. The number of hydrogen-bond donors (Lipinski definition) is 1. The first-order valence-corrected chi connectivity index (χ1v) is 4.57. The molecule has 0 aliphatic heterocycles. The normalized spacial score (nSPS) is 9.79. The Balaban J connectivity index is 2.76. The first kappa shape index (κ1) is 10.7. The van der Waals surface area contributed by atoms with E-state index in [1.807, 2.05) is 0 Å². The summed E-state index contributed by atoms with van der Waals surface area (Å²) in [7, 11) is 0. The van der Waals surface area contributed by atoms with E-state index < -0.39 is 18.2 Å². The number of hydrogen-bond acceptors (Lipinski definition) is 2. The number of carbonyl (C=O) groups excluding carboxylic acids is 1. The van der Waals surface area contributed by atoms with E-state index in [0.29, 0.717) is 11.4 Å². The molecule has 1 aromatic carbocycles. The zero-order valence-electron chi connectivity index (χ0n) is 7.37. The van der Waals surface area contributed by atoms with E-state index in [9.17, 15) is 9.59 Å². The molecule has 0 bridgehead atoms. The largest absolute Gasteiger partial charge is 0.481 e. The van der Waals surface area contributed by atoms with Crippen LogP contribution in [0.25, 0.3) is 0 Å². The Labute approximate surface area is 86.3 Å². The van der Waals surface area contributed by atoms with Crippen LogP contribution in [-0.4, -0.2) is 16.9 Å². The molecule has 0 heterocycles. The van der Waals surface area contributed by atoms with Crippen LogP contribution in [0.5, 0.6) is 0 Å². The zero-order valence-corrected chi connectivity index (χ0v) is 8.12. The quantitative estimate of drug-likeness (QED) is 0.472. The van der Waals surface area contributed by atoms with Crippen molar-refractivity contribution in [3.05, 3.63) is 35.4 Å². The molecule has 0 atom stereocenters. The van der Waals surface area contributed by atoms with Crippen molar-refractivity contribution in [2.45, 2.75) is 12.3 Å². The minimum absolute atomic E-state index is 0.382. The van der Waals surface area contributed by atoms with Gasteiger partial charge >= 0.3 is 5.97 Å². The van der Waals surface area contributed by atoms with Gasteiger partial charge in [0, 0.05) is 11.4 Å². The van der Waals surface area contributed by atoms with Crippen molar-refractivity contribution in [2.24, 2.45) is 0 Å². The number of benzene rings is 1. The predicted octanol–water partition coefficient (Wildman–Crippen LogP) is 2.08. The van der Waals surface area contributed by atoms with E-state index in [0.717, 1.165) is 5.56 Å². The van der Waals surface area contributed by atoms with Gasteiger partial charge < -0.3 is 5.11 Å². The standard InChI is InChI=1S/C10H9ClO3/c11-6-7-1-3-8(4-2-7)9(12)5-10(13)14/h1-4H,5-6H2,(H,13,14). The molecule has 3 nitrogen and oxygen atoms in total. The van der Waals surface area contributed by atoms with Gasteiger partial charge in [0.1, 0.15) is 6.42 Å². The number of carbonyl (C=O) groups is 2. The van der Waals surface area contributed by atoms with Crippen molar-refractivity contribution < 1.29 is 14.7 Å². The van der Waals surface area contributed by atoms with Crippen LogP contribution in [-0.2, 0) is 10.7 Å². The Morgan fingerprint density at radius 2 is 1.79 bits per heavy atom. The molecule has 0 aliphatic carbocycles. The molecule has 0 radical (unpaired) electrons. The molecule has 0 unspecified atom stereocenters. The summed E-state index contributed by atoms with van der Waals surface area (Å²) in [5.74, 6) is -1.12.